The first-order valence-electron chi connectivity index (χ1n) is 9.73. The monoisotopic (exact) mass is 391 g/mol. The Bertz CT molecular complexity index is 982. The molecule has 6 heteroatoms. The normalized spacial score (nSPS) is 11.8. The minimum atomic E-state index is -0.477. The van der Waals surface area contributed by atoms with Crippen molar-refractivity contribution < 1.29 is 9.72 Å². The molecule has 0 aliphatic heterocycles. The predicted molar refractivity (Wildman–Crippen MR) is 113 cm³/mol. The van der Waals surface area contributed by atoms with E-state index in [2.05, 4.69) is 16.7 Å². The van der Waals surface area contributed by atoms with Crippen LogP contribution in [0.2, 0.25) is 0 Å². The maximum absolute atomic E-state index is 13.2. The van der Waals surface area contributed by atoms with Crippen molar-refractivity contribution in [3.05, 3.63) is 99.9 Å². The summed E-state index contributed by atoms with van der Waals surface area (Å²) >= 11 is 0. The molecule has 1 atom stereocenters. The maximum atomic E-state index is 13.2. The molecule has 1 aromatic heterocycles. The van der Waals surface area contributed by atoms with E-state index >= 15 is 0 Å². The van der Waals surface area contributed by atoms with Crippen molar-refractivity contribution in [2.45, 2.75) is 39.4 Å². The van der Waals surface area contributed by atoms with Gasteiger partial charge in [-0.15, -0.1) is 0 Å². The molecule has 0 spiro atoms. The Morgan fingerprint density at radius 1 is 1.10 bits per heavy atom. The zero-order valence-electron chi connectivity index (χ0n) is 16.7. The molecule has 6 nitrogen and oxygen atoms in total. The van der Waals surface area contributed by atoms with Crippen molar-refractivity contribution in [1.29, 1.82) is 0 Å². The highest BCUT2D eigenvalue weighted by Gasteiger charge is 2.23. The van der Waals surface area contributed by atoms with Crippen LogP contribution in [-0.2, 0) is 13.1 Å². The molecule has 0 aliphatic rings. The molecule has 0 bridgehead atoms. The van der Waals surface area contributed by atoms with Gasteiger partial charge in [-0.05, 0) is 37.1 Å². The number of carbonyl (C=O) groups excluding carboxylic acids is 1. The zero-order chi connectivity index (χ0) is 20.8. The van der Waals surface area contributed by atoms with E-state index in [1.165, 1.54) is 17.7 Å². The first-order valence-corrected chi connectivity index (χ1v) is 9.73. The van der Waals surface area contributed by atoms with Gasteiger partial charge in [-0.2, -0.15) is 0 Å². The summed E-state index contributed by atoms with van der Waals surface area (Å²) in [6.07, 6.45) is 2.80. The minimum Gasteiger partial charge on any atom is -0.345 e. The summed E-state index contributed by atoms with van der Waals surface area (Å²) in [6, 6.07) is 20.1. The van der Waals surface area contributed by atoms with E-state index in [4.69, 9.17) is 0 Å². The molecule has 0 N–H and O–H groups in total. The fraction of sp³-hybridized carbons (Fsp3) is 0.261. The van der Waals surface area contributed by atoms with Crippen LogP contribution in [0.5, 0.6) is 0 Å². The van der Waals surface area contributed by atoms with Crippen LogP contribution in [0.25, 0.3) is 0 Å². The summed E-state index contributed by atoms with van der Waals surface area (Å²) in [5.41, 5.74) is 2.46. The van der Waals surface area contributed by atoms with E-state index < -0.39 is 4.92 Å². The van der Waals surface area contributed by atoms with Crippen LogP contribution in [0.1, 0.15) is 41.9 Å². The van der Waals surface area contributed by atoms with Gasteiger partial charge in [0.15, 0.2) is 0 Å². The highest BCUT2D eigenvalue weighted by Crippen LogP contribution is 2.20. The summed E-state index contributed by atoms with van der Waals surface area (Å²) < 4.78 is 2.13. The van der Waals surface area contributed by atoms with Gasteiger partial charge in [0.2, 0.25) is 0 Å². The number of carbonyl (C=O) groups is 1. The fourth-order valence-corrected chi connectivity index (χ4v) is 3.27. The molecule has 1 amide bonds. The van der Waals surface area contributed by atoms with Crippen LogP contribution in [-0.4, -0.2) is 26.3 Å². The lowest BCUT2D eigenvalue weighted by molar-refractivity contribution is -0.384. The van der Waals surface area contributed by atoms with Crippen molar-refractivity contribution in [3.8, 4) is 0 Å². The van der Waals surface area contributed by atoms with Crippen LogP contribution < -0.4 is 0 Å². The summed E-state index contributed by atoms with van der Waals surface area (Å²) in [6.45, 7) is 5.19. The van der Waals surface area contributed by atoms with E-state index in [1.807, 2.05) is 50.4 Å². The number of amides is 1. The Kier molecular flexibility index (Phi) is 6.44. The first kappa shape index (κ1) is 20.3. The van der Waals surface area contributed by atoms with Gasteiger partial charge in [0, 0.05) is 42.2 Å². The van der Waals surface area contributed by atoms with Gasteiger partial charge in [0.05, 0.1) is 11.5 Å². The molecule has 0 unspecified atom stereocenters. The molecule has 0 aliphatic carbocycles. The molecule has 0 saturated heterocycles. The Hall–Kier alpha value is -3.41. The minimum absolute atomic E-state index is 0.00170. The Morgan fingerprint density at radius 3 is 2.55 bits per heavy atom. The van der Waals surface area contributed by atoms with Crippen LogP contribution >= 0.6 is 0 Å². The molecule has 0 radical (unpaired) electrons. The van der Waals surface area contributed by atoms with E-state index in [0.29, 0.717) is 12.1 Å². The van der Waals surface area contributed by atoms with Crippen LogP contribution in [0.4, 0.5) is 5.69 Å². The lowest BCUT2D eigenvalue weighted by Crippen LogP contribution is -2.38. The van der Waals surface area contributed by atoms with Gasteiger partial charge in [0.1, 0.15) is 0 Å². The molecule has 3 aromatic rings. The third-order valence-electron chi connectivity index (χ3n) is 5.14. The van der Waals surface area contributed by atoms with Crippen LogP contribution in [0, 0.1) is 10.1 Å². The summed E-state index contributed by atoms with van der Waals surface area (Å²) in [5.74, 6) is -0.199. The topological polar surface area (TPSA) is 68.4 Å². The Labute approximate surface area is 170 Å². The van der Waals surface area contributed by atoms with Crippen molar-refractivity contribution in [1.82, 2.24) is 9.47 Å². The number of nitrogens with zero attached hydrogens (tertiary/aromatic N) is 3. The third kappa shape index (κ3) is 4.90. The third-order valence-corrected chi connectivity index (χ3v) is 5.14. The molecule has 150 valence electrons. The van der Waals surface area contributed by atoms with E-state index in [-0.39, 0.29) is 17.6 Å². The number of hydrogen-bond acceptors (Lipinski definition) is 3. The number of hydrogen-bond donors (Lipinski definition) is 0. The standard InChI is InChI=1S/C23H25N3O3/c1-3-18(2)25(23(27)20-11-7-12-21(15-20)26(28)29)17-22-13-8-14-24(22)16-19-9-5-4-6-10-19/h4-15,18H,3,16-17H2,1-2H3/t18-/m1/s1. The lowest BCUT2D eigenvalue weighted by Gasteiger charge is -2.29. The van der Waals surface area contributed by atoms with Gasteiger partial charge in [-0.25, -0.2) is 0 Å². The van der Waals surface area contributed by atoms with Crippen molar-refractivity contribution in [2.75, 3.05) is 0 Å². The van der Waals surface area contributed by atoms with Crippen molar-refractivity contribution in [3.63, 3.8) is 0 Å². The van der Waals surface area contributed by atoms with Crippen LogP contribution in [0.3, 0.4) is 0 Å². The molecule has 3 rings (SSSR count). The van der Waals surface area contributed by atoms with Gasteiger partial charge in [-0.1, -0.05) is 43.3 Å². The molecule has 0 fully saturated rings. The smallest absolute Gasteiger partial charge is 0.270 e. The number of rotatable bonds is 8. The second-order valence-electron chi connectivity index (χ2n) is 7.11. The van der Waals surface area contributed by atoms with Gasteiger partial charge in [0.25, 0.3) is 11.6 Å². The lowest BCUT2D eigenvalue weighted by atomic mass is 10.1. The second kappa shape index (κ2) is 9.19. The maximum Gasteiger partial charge on any atom is 0.270 e. The number of non-ortho nitro benzene ring substituents is 1. The number of nitro benzene ring substituents is 1. The number of aromatic nitrogens is 1. The highest BCUT2D eigenvalue weighted by molar-refractivity contribution is 5.95. The number of nitro groups is 1. The largest absolute Gasteiger partial charge is 0.345 e. The van der Waals surface area contributed by atoms with Gasteiger partial charge in [-0.3, -0.25) is 14.9 Å². The van der Waals surface area contributed by atoms with Crippen molar-refractivity contribution in [2.24, 2.45) is 0 Å². The zero-order valence-corrected chi connectivity index (χ0v) is 16.7. The molecule has 2 aromatic carbocycles. The number of benzene rings is 2. The average molecular weight is 391 g/mol. The Morgan fingerprint density at radius 2 is 1.86 bits per heavy atom. The van der Waals surface area contributed by atoms with Gasteiger partial charge < -0.3 is 9.47 Å². The summed E-state index contributed by atoms with van der Waals surface area (Å²) in [4.78, 5) is 25.6. The molecular formula is C23H25N3O3. The molecule has 0 saturated carbocycles. The Balaban J connectivity index is 1.86. The van der Waals surface area contributed by atoms with E-state index in [1.54, 1.807) is 17.0 Å². The fourth-order valence-electron chi connectivity index (χ4n) is 3.27. The second-order valence-corrected chi connectivity index (χ2v) is 7.11. The summed E-state index contributed by atoms with van der Waals surface area (Å²) in [5, 5.41) is 11.1. The van der Waals surface area contributed by atoms with Crippen molar-refractivity contribution >= 4 is 11.6 Å². The molecule has 29 heavy (non-hydrogen) atoms. The predicted octanol–water partition coefficient (Wildman–Crippen LogP) is 4.89. The SMILES string of the molecule is CC[C@@H](C)N(Cc1cccn1Cc1ccccc1)C(=O)c1cccc([N+](=O)[O-])c1. The quantitative estimate of drug-likeness (QED) is 0.406. The molecular weight excluding hydrogens is 366 g/mol. The average Bonchev–Trinajstić information content (AvgIpc) is 3.18. The van der Waals surface area contributed by atoms with Gasteiger partial charge >= 0.3 is 0 Å². The summed E-state index contributed by atoms with van der Waals surface area (Å²) in [7, 11) is 0. The van der Waals surface area contributed by atoms with E-state index in [0.717, 1.165) is 18.7 Å². The first-order chi connectivity index (χ1) is 14.0. The highest BCUT2D eigenvalue weighted by atomic mass is 16.6. The van der Waals surface area contributed by atoms with E-state index in [9.17, 15) is 14.9 Å². The molecule has 1 heterocycles. The van der Waals surface area contributed by atoms with Crippen LogP contribution in [0.15, 0.2) is 72.9 Å².